The van der Waals surface area contributed by atoms with Crippen LogP contribution in [0.5, 0.6) is 0 Å². The average molecular weight is 856 g/mol. The van der Waals surface area contributed by atoms with Gasteiger partial charge in [0, 0.05) is 22.3 Å². The van der Waals surface area contributed by atoms with Crippen molar-refractivity contribution >= 4 is 47.0 Å². The molecule has 0 aliphatic heterocycles. The molecule has 13 heteroatoms. The Morgan fingerprint density at radius 3 is 0.579 bits per heavy atom. The second-order valence-electron chi connectivity index (χ2n) is 12.0. The molecule has 0 saturated heterocycles. The van der Waals surface area contributed by atoms with Crippen LogP contribution in [0.4, 0.5) is 0 Å². The number of carbonyl (C=O) groups is 8. The minimum absolute atomic E-state index is 0. The zero-order valence-electron chi connectivity index (χ0n) is 32.1. The summed E-state index contributed by atoms with van der Waals surface area (Å²) in [5.74, 6) is -10.9. The summed E-state index contributed by atoms with van der Waals surface area (Å²) in [5.41, 5.74) is 1.68. The van der Waals surface area contributed by atoms with Crippen molar-refractivity contribution in [2.24, 2.45) is 23.7 Å². The van der Waals surface area contributed by atoms with Gasteiger partial charge in [0.05, 0.1) is 47.5 Å². The molecule has 4 rings (SSSR count). The van der Waals surface area contributed by atoms with E-state index in [4.69, 9.17) is 0 Å². The minimum Gasteiger partial charge on any atom is -0.549 e. The van der Waals surface area contributed by atoms with Crippen LogP contribution < -0.4 is 20.4 Å². The van der Waals surface area contributed by atoms with Gasteiger partial charge in [-0.1, -0.05) is 149 Å². The Balaban J connectivity index is 0.000000729. The molecular formula is C44H44O12Zr. The SMILES string of the molecule is CCC(C(=O)[O-])C(=O)c1ccccc1.CCC(C(=O)[O-])C(=O)c1ccccc1.CCC(C(=O)[O-])C(=O)c1ccccc1.CCC(C(=O)[O-])C(=O)c1ccccc1.[Zr+4]. The fourth-order valence-corrected chi connectivity index (χ4v) is 5.05. The predicted molar refractivity (Wildman–Crippen MR) is 198 cm³/mol. The topological polar surface area (TPSA) is 229 Å². The number of hydrogen-bond donors (Lipinski definition) is 0. The number of Topliss-reactive ketones (excluding diaryl/α,β-unsaturated/α-hetero) is 4. The molecular weight excluding hydrogens is 812 g/mol. The monoisotopic (exact) mass is 854 g/mol. The molecule has 57 heavy (non-hydrogen) atoms. The number of carbonyl (C=O) groups excluding carboxylic acids is 8. The van der Waals surface area contributed by atoms with Crippen molar-refractivity contribution in [2.45, 2.75) is 53.4 Å². The summed E-state index contributed by atoms with van der Waals surface area (Å²) in [4.78, 5) is 88.8. The van der Waals surface area contributed by atoms with E-state index in [0.29, 0.717) is 22.3 Å². The molecule has 4 aromatic carbocycles. The quantitative estimate of drug-likeness (QED) is 0.117. The number of ketones is 4. The van der Waals surface area contributed by atoms with Crippen molar-refractivity contribution in [1.29, 1.82) is 0 Å². The van der Waals surface area contributed by atoms with Gasteiger partial charge in [-0.2, -0.15) is 0 Å². The molecule has 0 bridgehead atoms. The van der Waals surface area contributed by atoms with Crippen molar-refractivity contribution in [3.8, 4) is 0 Å². The maximum Gasteiger partial charge on any atom is 4.00 e. The van der Waals surface area contributed by atoms with Crippen LogP contribution in [0.1, 0.15) is 94.8 Å². The van der Waals surface area contributed by atoms with E-state index in [-0.39, 0.29) is 75.0 Å². The molecule has 4 atom stereocenters. The molecule has 0 amide bonds. The summed E-state index contributed by atoms with van der Waals surface area (Å²) in [5, 5.41) is 42.5. The minimum atomic E-state index is -1.30. The van der Waals surface area contributed by atoms with E-state index in [1.807, 2.05) is 0 Å². The standard InChI is InChI=1S/4C11H12O3.Zr/c4*1-2-9(11(13)14)10(12)8-6-4-3-5-7-8;/h4*3-7,9H,2H2,1H3,(H,13,14);/q;;;;+4/p-4. The first-order chi connectivity index (χ1) is 26.7. The van der Waals surface area contributed by atoms with Crippen LogP contribution in [0.15, 0.2) is 121 Å². The Labute approximate surface area is 351 Å². The third kappa shape index (κ3) is 17.3. The summed E-state index contributed by atoms with van der Waals surface area (Å²) in [6.45, 7) is 6.62. The summed E-state index contributed by atoms with van der Waals surface area (Å²) >= 11 is 0. The van der Waals surface area contributed by atoms with Crippen molar-refractivity contribution < 1.29 is 85.0 Å². The molecule has 0 radical (unpaired) electrons. The van der Waals surface area contributed by atoms with Crippen LogP contribution in [0.2, 0.25) is 0 Å². The van der Waals surface area contributed by atoms with Crippen LogP contribution >= 0.6 is 0 Å². The van der Waals surface area contributed by atoms with Crippen LogP contribution in [-0.2, 0) is 45.4 Å². The number of aliphatic carboxylic acids is 4. The predicted octanol–water partition coefficient (Wildman–Crippen LogP) is 2.58. The van der Waals surface area contributed by atoms with Crippen molar-refractivity contribution in [2.75, 3.05) is 0 Å². The molecule has 0 aliphatic rings. The molecule has 0 fully saturated rings. The third-order valence-corrected chi connectivity index (χ3v) is 8.27. The largest absolute Gasteiger partial charge is 4.00 e. The van der Waals surface area contributed by atoms with Gasteiger partial charge in [0.2, 0.25) is 0 Å². The molecule has 0 heterocycles. The number of carboxylic acids is 4. The zero-order chi connectivity index (χ0) is 42.2. The van der Waals surface area contributed by atoms with Crippen molar-refractivity contribution in [1.82, 2.24) is 0 Å². The van der Waals surface area contributed by atoms with Gasteiger partial charge in [-0.25, -0.2) is 0 Å². The normalized spacial score (nSPS) is 11.9. The van der Waals surface area contributed by atoms with Gasteiger partial charge in [-0.05, 0) is 25.7 Å². The third-order valence-electron chi connectivity index (χ3n) is 8.27. The average Bonchev–Trinajstić information content (AvgIpc) is 3.20. The molecule has 0 aromatic heterocycles. The number of benzene rings is 4. The van der Waals surface area contributed by atoms with E-state index >= 15 is 0 Å². The summed E-state index contributed by atoms with van der Waals surface area (Å²) in [6.07, 6.45) is 1.04. The number of hydrogen-bond acceptors (Lipinski definition) is 12. The summed E-state index contributed by atoms with van der Waals surface area (Å²) in [7, 11) is 0. The van der Waals surface area contributed by atoms with Crippen LogP contribution in [0, 0.1) is 23.7 Å². The number of carboxylic acid groups (broad SMARTS) is 4. The second kappa shape index (κ2) is 27.8. The molecule has 0 aliphatic carbocycles. The van der Waals surface area contributed by atoms with E-state index in [1.165, 1.54) is 0 Å². The molecule has 0 N–H and O–H groups in total. The van der Waals surface area contributed by atoms with Gasteiger partial charge < -0.3 is 39.6 Å². The Hall–Kier alpha value is -5.68. The number of rotatable bonds is 16. The summed E-state index contributed by atoms with van der Waals surface area (Å²) in [6, 6.07) is 33.6. The maximum absolute atomic E-state index is 11.6. The van der Waals surface area contributed by atoms with Gasteiger partial charge in [0.1, 0.15) is 0 Å². The Bertz CT molecular complexity index is 1600. The first-order valence-electron chi connectivity index (χ1n) is 17.9. The van der Waals surface area contributed by atoms with E-state index in [2.05, 4.69) is 0 Å². The first-order valence-corrected chi connectivity index (χ1v) is 17.9. The van der Waals surface area contributed by atoms with Gasteiger partial charge in [-0.3, -0.25) is 19.2 Å². The Morgan fingerprint density at radius 1 is 0.333 bits per heavy atom. The molecule has 0 spiro atoms. The Morgan fingerprint density at radius 2 is 0.474 bits per heavy atom. The van der Waals surface area contributed by atoms with E-state index in [0.717, 1.165) is 0 Å². The maximum atomic E-state index is 11.6. The van der Waals surface area contributed by atoms with Crippen LogP contribution in [-0.4, -0.2) is 47.0 Å². The van der Waals surface area contributed by atoms with Gasteiger partial charge in [0.25, 0.3) is 0 Å². The first kappa shape index (κ1) is 51.3. The van der Waals surface area contributed by atoms with Crippen LogP contribution in [0.3, 0.4) is 0 Å². The molecule has 12 nitrogen and oxygen atoms in total. The molecule has 0 saturated carbocycles. The van der Waals surface area contributed by atoms with E-state index < -0.39 is 47.5 Å². The smallest absolute Gasteiger partial charge is 0.549 e. The molecule has 4 unspecified atom stereocenters. The van der Waals surface area contributed by atoms with Gasteiger partial charge in [-0.15, -0.1) is 0 Å². The second-order valence-corrected chi connectivity index (χ2v) is 12.0. The van der Waals surface area contributed by atoms with Gasteiger partial charge in [0.15, 0.2) is 23.1 Å². The van der Waals surface area contributed by atoms with E-state index in [9.17, 15) is 58.8 Å². The van der Waals surface area contributed by atoms with Crippen molar-refractivity contribution in [3.63, 3.8) is 0 Å². The fourth-order valence-electron chi connectivity index (χ4n) is 5.05. The van der Waals surface area contributed by atoms with Gasteiger partial charge >= 0.3 is 26.2 Å². The van der Waals surface area contributed by atoms with Crippen LogP contribution in [0.25, 0.3) is 0 Å². The Kier molecular flexibility index (Phi) is 25.1. The molecule has 296 valence electrons. The van der Waals surface area contributed by atoms with Crippen molar-refractivity contribution in [3.05, 3.63) is 144 Å². The molecule has 4 aromatic rings. The fraction of sp³-hybridized carbons (Fsp3) is 0.273. The van der Waals surface area contributed by atoms with E-state index in [1.54, 1.807) is 149 Å². The summed E-state index contributed by atoms with van der Waals surface area (Å²) < 4.78 is 0. The zero-order valence-corrected chi connectivity index (χ0v) is 34.5.